The van der Waals surface area contributed by atoms with E-state index in [0.29, 0.717) is 50.0 Å². The first-order valence-corrected chi connectivity index (χ1v) is 11.3. The average Bonchev–Trinajstić information content (AvgIpc) is 2.72. The van der Waals surface area contributed by atoms with Gasteiger partial charge in [0.25, 0.3) is 0 Å². The van der Waals surface area contributed by atoms with Crippen LogP contribution in [0.2, 0.25) is 0 Å². The molecule has 1 N–H and O–H groups in total. The summed E-state index contributed by atoms with van der Waals surface area (Å²) < 4.78 is 12.4. The van der Waals surface area contributed by atoms with Gasteiger partial charge in [-0.2, -0.15) is 0 Å². The molecule has 1 aliphatic rings. The normalized spacial score (nSPS) is 19.1. The van der Waals surface area contributed by atoms with Crippen molar-refractivity contribution in [2.45, 2.75) is 58.2 Å². The minimum Gasteiger partial charge on any atom is -0.507 e. The topological polar surface area (TPSA) is 72.8 Å². The number of ether oxygens (including phenoxy) is 2. The molecule has 0 aromatic heterocycles. The Morgan fingerprint density at radius 1 is 1.13 bits per heavy atom. The minimum atomic E-state index is -0.576. The number of phenols is 1. The van der Waals surface area contributed by atoms with Gasteiger partial charge in [0.2, 0.25) is 0 Å². The zero-order valence-corrected chi connectivity index (χ0v) is 19.2. The maximum Gasteiger partial charge on any atom is 0.342 e. The molecule has 0 bridgehead atoms. The van der Waals surface area contributed by atoms with Gasteiger partial charge in [0.15, 0.2) is 0 Å². The molecule has 3 rings (SSSR count). The van der Waals surface area contributed by atoms with Gasteiger partial charge in [0, 0.05) is 23.4 Å². The van der Waals surface area contributed by atoms with Crippen LogP contribution in [0.3, 0.4) is 0 Å². The molecular formula is C25H27BrO5. The number of halogens is 1. The number of rotatable bonds is 3. The van der Waals surface area contributed by atoms with E-state index in [1.807, 2.05) is 30.3 Å². The summed E-state index contributed by atoms with van der Waals surface area (Å²) in [5.41, 5.74) is 1.65. The molecule has 1 atom stereocenters. The highest BCUT2D eigenvalue weighted by Crippen LogP contribution is 2.31. The summed E-state index contributed by atoms with van der Waals surface area (Å²) in [7, 11) is 0. The fraction of sp³-hybridized carbons (Fsp3) is 0.360. The molecule has 1 heterocycles. The summed E-state index contributed by atoms with van der Waals surface area (Å²) >= 11 is 3.41. The van der Waals surface area contributed by atoms with E-state index in [1.165, 1.54) is 6.07 Å². The van der Waals surface area contributed by atoms with Crippen molar-refractivity contribution in [2.75, 3.05) is 0 Å². The molecule has 0 amide bonds. The molecule has 0 aliphatic carbocycles. The van der Waals surface area contributed by atoms with Crippen molar-refractivity contribution in [1.82, 2.24) is 0 Å². The van der Waals surface area contributed by atoms with Gasteiger partial charge in [-0.3, -0.25) is 4.79 Å². The molecule has 31 heavy (non-hydrogen) atoms. The van der Waals surface area contributed by atoms with Crippen molar-refractivity contribution in [2.24, 2.45) is 0 Å². The highest BCUT2D eigenvalue weighted by molar-refractivity contribution is 9.10. The van der Waals surface area contributed by atoms with Crippen LogP contribution in [-0.4, -0.2) is 23.0 Å². The number of carbonyl (C=O) groups is 2. The number of ketones is 1. The van der Waals surface area contributed by atoms with Gasteiger partial charge in [0.1, 0.15) is 29.5 Å². The number of allylic oxidation sites excluding steroid dienone is 1. The highest BCUT2D eigenvalue weighted by atomic mass is 79.9. The third kappa shape index (κ3) is 6.96. The third-order valence-electron chi connectivity index (χ3n) is 5.14. The van der Waals surface area contributed by atoms with Crippen molar-refractivity contribution < 1.29 is 24.2 Å². The molecule has 0 fully saturated rings. The van der Waals surface area contributed by atoms with Gasteiger partial charge >= 0.3 is 5.97 Å². The number of phenolic OH excluding ortho intramolecular Hbond substituents is 1. The first-order valence-electron chi connectivity index (χ1n) is 10.6. The first-order chi connectivity index (χ1) is 14.9. The van der Waals surface area contributed by atoms with Crippen LogP contribution in [0.1, 0.15) is 66.9 Å². The SMILES string of the molecule is C[C@@H]1CCCC(=O)CCC/C=C/c2cc(OCc3ccc(Br)cc3)cc(O)c2C(=O)O1. The zero-order chi connectivity index (χ0) is 22.2. The van der Waals surface area contributed by atoms with Crippen molar-refractivity contribution in [3.05, 3.63) is 63.6 Å². The number of Topliss-reactive ketones (excluding diaryl/α,β-unsaturated/α-hetero) is 1. The fourth-order valence-corrected chi connectivity index (χ4v) is 3.71. The van der Waals surface area contributed by atoms with E-state index in [1.54, 1.807) is 19.1 Å². The Bertz CT molecular complexity index is 949. The summed E-state index contributed by atoms with van der Waals surface area (Å²) in [6.45, 7) is 2.13. The van der Waals surface area contributed by atoms with E-state index >= 15 is 0 Å². The van der Waals surface area contributed by atoms with E-state index in [9.17, 15) is 14.7 Å². The maximum absolute atomic E-state index is 12.8. The van der Waals surface area contributed by atoms with E-state index in [2.05, 4.69) is 15.9 Å². The van der Waals surface area contributed by atoms with Crippen LogP contribution in [0.4, 0.5) is 0 Å². The number of carbonyl (C=O) groups excluding carboxylic acids is 2. The minimum absolute atomic E-state index is 0.132. The molecule has 0 saturated heterocycles. The van der Waals surface area contributed by atoms with Crippen LogP contribution in [0, 0.1) is 0 Å². The van der Waals surface area contributed by atoms with Crippen LogP contribution >= 0.6 is 15.9 Å². The Labute approximate surface area is 191 Å². The highest BCUT2D eigenvalue weighted by Gasteiger charge is 2.21. The number of benzene rings is 2. The molecular weight excluding hydrogens is 460 g/mol. The van der Waals surface area contributed by atoms with Crippen molar-refractivity contribution in [1.29, 1.82) is 0 Å². The summed E-state index contributed by atoms with van der Waals surface area (Å²) in [6, 6.07) is 10.9. The van der Waals surface area contributed by atoms with Gasteiger partial charge in [-0.25, -0.2) is 4.79 Å². The second-order valence-corrected chi connectivity index (χ2v) is 8.68. The van der Waals surface area contributed by atoms with Crippen molar-refractivity contribution >= 4 is 33.8 Å². The number of hydrogen-bond donors (Lipinski definition) is 1. The summed E-state index contributed by atoms with van der Waals surface area (Å²) in [5.74, 6) is -0.0495. The lowest BCUT2D eigenvalue weighted by molar-refractivity contribution is -0.119. The molecule has 2 aromatic rings. The van der Waals surface area contributed by atoms with Gasteiger partial charge in [-0.1, -0.05) is 40.2 Å². The number of esters is 1. The summed E-state index contributed by atoms with van der Waals surface area (Å²) in [6.07, 6.45) is 7.17. The van der Waals surface area contributed by atoms with Crippen molar-refractivity contribution in [3.63, 3.8) is 0 Å². The Morgan fingerprint density at radius 3 is 2.65 bits per heavy atom. The van der Waals surface area contributed by atoms with Crippen LogP contribution in [0.25, 0.3) is 6.08 Å². The van der Waals surface area contributed by atoms with Gasteiger partial charge in [-0.15, -0.1) is 0 Å². The van der Waals surface area contributed by atoms with E-state index in [4.69, 9.17) is 9.47 Å². The second-order valence-electron chi connectivity index (χ2n) is 7.76. The number of fused-ring (bicyclic) bond motifs is 1. The third-order valence-corrected chi connectivity index (χ3v) is 5.67. The first kappa shape index (κ1) is 23.1. The predicted octanol–water partition coefficient (Wildman–Crippen LogP) is 6.22. The van der Waals surface area contributed by atoms with Gasteiger partial charge in [0.05, 0.1) is 6.10 Å². The lowest BCUT2D eigenvalue weighted by atomic mass is 10.0. The predicted molar refractivity (Wildman–Crippen MR) is 123 cm³/mol. The fourth-order valence-electron chi connectivity index (χ4n) is 3.45. The Kier molecular flexibility index (Phi) is 8.29. The Balaban J connectivity index is 1.84. The molecule has 6 heteroatoms. The van der Waals surface area contributed by atoms with Gasteiger partial charge in [-0.05, 0) is 61.9 Å². The largest absolute Gasteiger partial charge is 0.507 e. The standard InChI is InChI=1S/C25H27BrO5/c1-17-6-5-9-21(27)8-4-2-3-7-19-14-22(15-23(28)24(19)25(29)31-17)30-16-18-10-12-20(26)13-11-18/h3,7,10-15,17,28H,2,4-6,8-9,16H2,1H3/b7-3+/t17-/m1/s1. The molecule has 2 aromatic carbocycles. The second kappa shape index (κ2) is 11.1. The van der Waals surface area contributed by atoms with Gasteiger partial charge < -0.3 is 14.6 Å². The van der Waals surface area contributed by atoms with Crippen molar-refractivity contribution in [3.8, 4) is 11.5 Å². The van der Waals surface area contributed by atoms with E-state index in [-0.39, 0.29) is 23.2 Å². The van der Waals surface area contributed by atoms with Crippen LogP contribution in [0.5, 0.6) is 11.5 Å². The maximum atomic E-state index is 12.8. The summed E-state index contributed by atoms with van der Waals surface area (Å²) in [5, 5.41) is 10.6. The Morgan fingerprint density at radius 2 is 1.87 bits per heavy atom. The number of hydrogen-bond acceptors (Lipinski definition) is 5. The summed E-state index contributed by atoms with van der Waals surface area (Å²) in [4.78, 5) is 24.7. The number of cyclic esters (lactones) is 1. The van der Waals surface area contributed by atoms with E-state index < -0.39 is 5.97 Å². The van der Waals surface area contributed by atoms with Crippen LogP contribution < -0.4 is 4.74 Å². The smallest absolute Gasteiger partial charge is 0.342 e. The van der Waals surface area contributed by atoms with E-state index in [0.717, 1.165) is 16.5 Å². The number of aromatic hydroxyl groups is 1. The molecule has 164 valence electrons. The van der Waals surface area contributed by atoms with Crippen LogP contribution in [-0.2, 0) is 16.1 Å². The molecule has 1 aliphatic heterocycles. The quantitative estimate of drug-likeness (QED) is 0.521. The lowest BCUT2D eigenvalue weighted by Gasteiger charge is -2.16. The monoisotopic (exact) mass is 486 g/mol. The molecule has 0 saturated carbocycles. The zero-order valence-electron chi connectivity index (χ0n) is 17.6. The molecule has 0 unspecified atom stereocenters. The lowest BCUT2D eigenvalue weighted by Crippen LogP contribution is -2.17. The molecule has 5 nitrogen and oxygen atoms in total. The molecule has 0 radical (unpaired) electrons. The van der Waals surface area contributed by atoms with Crippen LogP contribution in [0.15, 0.2) is 46.9 Å². The average molecular weight is 487 g/mol. The molecule has 0 spiro atoms. The Hall–Kier alpha value is -2.60.